The molecular formula is C24H35FN4O4S. The molecule has 1 atom stereocenters. The number of hydrogen-bond donors (Lipinski definition) is 1. The molecule has 1 N–H and O–H groups in total. The average molecular weight is 495 g/mol. The molecule has 2 saturated heterocycles. The topological polar surface area (TPSA) is 90.0 Å². The Morgan fingerprint density at radius 2 is 1.53 bits per heavy atom. The lowest BCUT2D eigenvalue weighted by Crippen LogP contribution is -2.55. The standard InChI is InChI=1S/C24H35FN4O4S/c25-19-6-8-20(9-7-19)26-23(30)16-27-11-13-28(14-12-27)17-24(31)29(21-4-2-1-3-5-21)22-10-15-34(32,33)18-22/h6-9,21-22H,1-5,10-18H2,(H,26,30)/t22-/m0/s1. The van der Waals surface area contributed by atoms with Gasteiger partial charge in [-0.2, -0.15) is 0 Å². The SMILES string of the molecule is O=C(CN1CCN(CC(=O)N(C2CCCCC2)[C@H]2CCS(=O)(=O)C2)CC1)Nc1ccc(F)cc1. The Morgan fingerprint density at radius 1 is 0.912 bits per heavy atom. The van der Waals surface area contributed by atoms with E-state index >= 15 is 0 Å². The highest BCUT2D eigenvalue weighted by molar-refractivity contribution is 7.91. The number of piperazine rings is 1. The summed E-state index contributed by atoms with van der Waals surface area (Å²) in [5.74, 6) is -0.197. The van der Waals surface area contributed by atoms with Gasteiger partial charge in [-0.1, -0.05) is 19.3 Å². The van der Waals surface area contributed by atoms with Crippen molar-refractivity contribution in [1.29, 1.82) is 0 Å². The van der Waals surface area contributed by atoms with Crippen LogP contribution in [0.1, 0.15) is 38.5 Å². The Morgan fingerprint density at radius 3 is 2.12 bits per heavy atom. The zero-order chi connectivity index (χ0) is 24.1. The second-order valence-electron chi connectivity index (χ2n) is 9.76. The van der Waals surface area contributed by atoms with E-state index in [1.54, 1.807) is 0 Å². The van der Waals surface area contributed by atoms with Crippen molar-refractivity contribution in [3.05, 3.63) is 30.1 Å². The number of rotatable bonds is 7. The predicted molar refractivity (Wildman–Crippen MR) is 129 cm³/mol. The third-order valence-electron chi connectivity index (χ3n) is 7.18. The van der Waals surface area contributed by atoms with Crippen molar-refractivity contribution >= 4 is 27.3 Å². The van der Waals surface area contributed by atoms with E-state index in [4.69, 9.17) is 0 Å². The highest BCUT2D eigenvalue weighted by atomic mass is 32.2. The molecule has 0 bridgehead atoms. The predicted octanol–water partition coefficient (Wildman–Crippen LogP) is 1.73. The Kier molecular flexibility index (Phi) is 8.21. The first-order valence-corrected chi connectivity index (χ1v) is 14.1. The van der Waals surface area contributed by atoms with Gasteiger partial charge in [0.2, 0.25) is 11.8 Å². The summed E-state index contributed by atoms with van der Waals surface area (Å²) in [6.07, 6.45) is 5.82. The zero-order valence-corrected chi connectivity index (χ0v) is 20.4. The molecule has 0 spiro atoms. The minimum Gasteiger partial charge on any atom is -0.335 e. The van der Waals surface area contributed by atoms with E-state index in [1.165, 1.54) is 30.7 Å². The summed E-state index contributed by atoms with van der Waals surface area (Å²) in [7, 11) is -3.06. The maximum atomic E-state index is 13.4. The molecule has 1 aromatic rings. The molecule has 3 fully saturated rings. The lowest BCUT2D eigenvalue weighted by molar-refractivity contribution is -0.138. The van der Waals surface area contributed by atoms with Gasteiger partial charge in [-0.3, -0.25) is 19.4 Å². The van der Waals surface area contributed by atoms with Crippen LogP contribution in [0.15, 0.2) is 24.3 Å². The molecule has 188 valence electrons. The van der Waals surface area contributed by atoms with Gasteiger partial charge in [0.25, 0.3) is 0 Å². The van der Waals surface area contributed by atoms with Gasteiger partial charge in [-0.15, -0.1) is 0 Å². The minimum atomic E-state index is -3.06. The number of benzene rings is 1. The smallest absolute Gasteiger partial charge is 0.238 e. The van der Waals surface area contributed by atoms with E-state index in [1.807, 2.05) is 9.80 Å². The second kappa shape index (κ2) is 11.1. The molecule has 2 heterocycles. The van der Waals surface area contributed by atoms with E-state index in [0.717, 1.165) is 25.7 Å². The highest BCUT2D eigenvalue weighted by Crippen LogP contribution is 2.28. The first-order chi connectivity index (χ1) is 16.3. The molecule has 1 saturated carbocycles. The minimum absolute atomic E-state index is 0.0384. The first kappa shape index (κ1) is 25.1. The molecule has 1 aliphatic carbocycles. The number of amides is 2. The summed E-state index contributed by atoms with van der Waals surface area (Å²) in [6.45, 7) is 3.24. The van der Waals surface area contributed by atoms with Crippen molar-refractivity contribution in [2.75, 3.05) is 56.1 Å². The second-order valence-corrected chi connectivity index (χ2v) is 12.0. The summed E-state index contributed by atoms with van der Waals surface area (Å²) < 4.78 is 37.2. The maximum Gasteiger partial charge on any atom is 0.238 e. The maximum absolute atomic E-state index is 13.4. The van der Waals surface area contributed by atoms with Crippen LogP contribution < -0.4 is 5.32 Å². The normalized spacial score (nSPS) is 24.1. The third kappa shape index (κ3) is 6.76. The molecule has 3 aliphatic rings. The molecule has 2 aliphatic heterocycles. The van der Waals surface area contributed by atoms with E-state index in [2.05, 4.69) is 10.2 Å². The Balaban J connectivity index is 1.27. The van der Waals surface area contributed by atoms with Gasteiger partial charge < -0.3 is 10.2 Å². The Hall–Kier alpha value is -2.04. The summed E-state index contributed by atoms with van der Waals surface area (Å²) in [5.41, 5.74) is 0.562. The molecule has 0 unspecified atom stereocenters. The highest BCUT2D eigenvalue weighted by Gasteiger charge is 2.39. The van der Waals surface area contributed by atoms with E-state index in [0.29, 0.717) is 44.8 Å². The van der Waals surface area contributed by atoms with Crippen LogP contribution in [0.5, 0.6) is 0 Å². The van der Waals surface area contributed by atoms with E-state index in [9.17, 15) is 22.4 Å². The number of anilines is 1. The lowest BCUT2D eigenvalue weighted by Gasteiger charge is -2.40. The number of nitrogens with one attached hydrogen (secondary N) is 1. The zero-order valence-electron chi connectivity index (χ0n) is 19.6. The van der Waals surface area contributed by atoms with Crippen molar-refractivity contribution in [2.24, 2.45) is 0 Å². The monoisotopic (exact) mass is 494 g/mol. The molecule has 8 nitrogen and oxygen atoms in total. The molecule has 1 aromatic carbocycles. The van der Waals surface area contributed by atoms with Crippen LogP contribution in [0.3, 0.4) is 0 Å². The van der Waals surface area contributed by atoms with Crippen LogP contribution in [0.25, 0.3) is 0 Å². The van der Waals surface area contributed by atoms with Crippen LogP contribution >= 0.6 is 0 Å². The van der Waals surface area contributed by atoms with Gasteiger partial charge in [0.1, 0.15) is 5.82 Å². The Labute approximate surface area is 201 Å². The number of hydrogen-bond acceptors (Lipinski definition) is 6. The molecular weight excluding hydrogens is 459 g/mol. The third-order valence-corrected chi connectivity index (χ3v) is 8.93. The largest absolute Gasteiger partial charge is 0.335 e. The molecule has 4 rings (SSSR count). The van der Waals surface area contributed by atoms with Crippen molar-refractivity contribution in [1.82, 2.24) is 14.7 Å². The number of halogens is 1. The van der Waals surface area contributed by atoms with Gasteiger partial charge >= 0.3 is 0 Å². The van der Waals surface area contributed by atoms with Crippen LogP contribution in [-0.4, -0.2) is 97.8 Å². The van der Waals surface area contributed by atoms with E-state index < -0.39 is 9.84 Å². The fourth-order valence-electron chi connectivity index (χ4n) is 5.37. The van der Waals surface area contributed by atoms with Gasteiger partial charge in [0, 0.05) is 44.0 Å². The number of sulfone groups is 1. The first-order valence-electron chi connectivity index (χ1n) is 12.3. The van der Waals surface area contributed by atoms with Crippen LogP contribution in [0.2, 0.25) is 0 Å². The van der Waals surface area contributed by atoms with Crippen LogP contribution in [0.4, 0.5) is 10.1 Å². The summed E-state index contributed by atoms with van der Waals surface area (Å²) in [6, 6.07) is 5.63. The molecule has 34 heavy (non-hydrogen) atoms. The van der Waals surface area contributed by atoms with Gasteiger partial charge in [0.15, 0.2) is 9.84 Å². The van der Waals surface area contributed by atoms with Gasteiger partial charge in [0.05, 0.1) is 24.6 Å². The van der Waals surface area contributed by atoms with Gasteiger partial charge in [-0.05, 0) is 43.5 Å². The summed E-state index contributed by atoms with van der Waals surface area (Å²) in [5, 5.41) is 2.78. The van der Waals surface area contributed by atoms with Crippen molar-refractivity contribution < 1.29 is 22.4 Å². The number of carbonyl (C=O) groups excluding carboxylic acids is 2. The Bertz CT molecular complexity index is 958. The number of nitrogens with zero attached hydrogens (tertiary/aromatic N) is 3. The summed E-state index contributed by atoms with van der Waals surface area (Å²) in [4.78, 5) is 31.8. The fraction of sp³-hybridized carbons (Fsp3) is 0.667. The molecule has 0 radical (unpaired) electrons. The number of carbonyl (C=O) groups is 2. The lowest BCUT2D eigenvalue weighted by atomic mass is 9.92. The molecule has 2 amide bonds. The van der Waals surface area contributed by atoms with Gasteiger partial charge in [-0.25, -0.2) is 12.8 Å². The quantitative estimate of drug-likeness (QED) is 0.621. The van der Waals surface area contributed by atoms with Crippen LogP contribution in [0, 0.1) is 5.82 Å². The van der Waals surface area contributed by atoms with Crippen molar-refractivity contribution in [3.8, 4) is 0 Å². The summed E-state index contributed by atoms with van der Waals surface area (Å²) >= 11 is 0. The fourth-order valence-corrected chi connectivity index (χ4v) is 7.09. The molecule has 0 aromatic heterocycles. The van der Waals surface area contributed by atoms with Crippen LogP contribution in [-0.2, 0) is 19.4 Å². The van der Waals surface area contributed by atoms with E-state index in [-0.39, 0.29) is 47.8 Å². The van der Waals surface area contributed by atoms with Crippen molar-refractivity contribution in [3.63, 3.8) is 0 Å². The average Bonchev–Trinajstić information content (AvgIpc) is 3.16. The molecule has 10 heteroatoms. The van der Waals surface area contributed by atoms with Crippen molar-refractivity contribution in [2.45, 2.75) is 50.6 Å².